The Morgan fingerprint density at radius 2 is 1.88 bits per heavy atom. The topological polar surface area (TPSA) is 42.1 Å². The molecule has 1 heterocycles. The molecule has 0 saturated carbocycles. The summed E-state index contributed by atoms with van der Waals surface area (Å²) in [6, 6.07) is 0. The molecule has 0 amide bonds. The molecule has 1 atom stereocenters. The second-order valence-corrected chi connectivity index (χ2v) is 6.63. The summed E-state index contributed by atoms with van der Waals surface area (Å²) in [7, 11) is 1.41. The lowest BCUT2D eigenvalue weighted by Gasteiger charge is -2.26. The van der Waals surface area contributed by atoms with Crippen molar-refractivity contribution in [1.29, 1.82) is 0 Å². The van der Waals surface area contributed by atoms with E-state index < -0.39 is 0 Å². The molecule has 4 heteroatoms. The third kappa shape index (κ3) is 2.84. The predicted octanol–water partition coefficient (Wildman–Crippen LogP) is 3.94. The number of carbonyl (C=O) groups is 1. The zero-order valence-electron chi connectivity index (χ0n) is 11.3. The van der Waals surface area contributed by atoms with Crippen LogP contribution in [0.5, 0.6) is 0 Å². The molecule has 1 aromatic heterocycles. The molecule has 17 heavy (non-hydrogen) atoms. The predicted molar refractivity (Wildman–Crippen MR) is 77.8 cm³/mol. The number of aryl methyl sites for hydroxylation is 1. The molecule has 0 radical (unpaired) electrons. The fourth-order valence-corrected chi connectivity index (χ4v) is 2.82. The minimum Gasteiger partial charge on any atom is -0.464 e. The van der Waals surface area contributed by atoms with Crippen molar-refractivity contribution in [3.8, 4) is 0 Å². The molecule has 0 aromatic carbocycles. The lowest BCUT2D eigenvalue weighted by molar-refractivity contribution is 0.0593. The molecule has 0 aliphatic heterocycles. The van der Waals surface area contributed by atoms with Gasteiger partial charge in [-0.15, -0.1) is 0 Å². The molecule has 0 aliphatic carbocycles. The van der Waals surface area contributed by atoms with E-state index in [0.29, 0.717) is 9.62 Å². The average molecular weight is 349 g/mol. The number of esters is 1. The normalized spacial score (nSPS) is 13.6. The number of nitrogens with one attached hydrogen (secondary N) is 1. The summed E-state index contributed by atoms with van der Waals surface area (Å²) >= 11 is 2.44. The van der Waals surface area contributed by atoms with Crippen LogP contribution in [0.4, 0.5) is 0 Å². The second-order valence-electron chi connectivity index (χ2n) is 5.38. The highest BCUT2D eigenvalue weighted by Crippen LogP contribution is 2.43. The van der Waals surface area contributed by atoms with Crippen LogP contribution >= 0.6 is 22.6 Å². The highest BCUT2D eigenvalue weighted by atomic mass is 127. The fourth-order valence-electron chi connectivity index (χ4n) is 1.88. The molecular formula is C13H20INO2. The Labute approximate surface area is 116 Å². The van der Waals surface area contributed by atoms with Gasteiger partial charge < -0.3 is 9.72 Å². The van der Waals surface area contributed by atoms with E-state index in [1.165, 1.54) is 12.7 Å². The lowest BCUT2D eigenvalue weighted by Crippen LogP contribution is -2.14. The molecule has 1 rings (SSSR count). The first-order valence-electron chi connectivity index (χ1n) is 5.61. The molecule has 1 N–H and O–H groups in total. The molecule has 0 aliphatic rings. The van der Waals surface area contributed by atoms with Crippen molar-refractivity contribution in [3.63, 3.8) is 0 Å². The minimum atomic E-state index is -0.297. The van der Waals surface area contributed by atoms with E-state index in [1.807, 2.05) is 13.8 Å². The number of carbonyl (C=O) groups excluding carboxylic acids is 1. The number of hydrogen-bond acceptors (Lipinski definition) is 2. The van der Waals surface area contributed by atoms with Crippen molar-refractivity contribution in [2.24, 2.45) is 5.41 Å². The van der Waals surface area contributed by atoms with E-state index in [2.05, 4.69) is 48.3 Å². The quantitative estimate of drug-likeness (QED) is 0.499. The number of rotatable bonds is 2. The van der Waals surface area contributed by atoms with Crippen molar-refractivity contribution in [1.82, 2.24) is 4.98 Å². The fraction of sp³-hybridized carbons (Fsp3) is 0.615. The summed E-state index contributed by atoms with van der Waals surface area (Å²) in [6.07, 6.45) is 0. The van der Waals surface area contributed by atoms with Gasteiger partial charge in [-0.2, -0.15) is 0 Å². The van der Waals surface area contributed by atoms with Crippen LogP contribution in [0.25, 0.3) is 0 Å². The Hall–Kier alpha value is -0.520. The van der Waals surface area contributed by atoms with Gasteiger partial charge in [0, 0.05) is 9.62 Å². The molecule has 1 aromatic rings. The van der Waals surface area contributed by atoms with Crippen molar-refractivity contribution >= 4 is 28.6 Å². The van der Waals surface area contributed by atoms with Gasteiger partial charge in [0.15, 0.2) is 0 Å². The third-order valence-electron chi connectivity index (χ3n) is 2.90. The molecule has 1 unspecified atom stereocenters. The highest BCUT2D eigenvalue weighted by Gasteiger charge is 2.29. The van der Waals surface area contributed by atoms with Crippen LogP contribution in [-0.2, 0) is 4.74 Å². The van der Waals surface area contributed by atoms with Crippen LogP contribution in [0.15, 0.2) is 0 Å². The summed E-state index contributed by atoms with van der Waals surface area (Å²) in [6.45, 7) is 10.6. The van der Waals surface area contributed by atoms with Gasteiger partial charge in [0.25, 0.3) is 0 Å². The van der Waals surface area contributed by atoms with E-state index in [-0.39, 0.29) is 11.4 Å². The number of aromatic amines is 1. The van der Waals surface area contributed by atoms with Crippen LogP contribution in [0.2, 0.25) is 0 Å². The second kappa shape index (κ2) is 5.00. The number of alkyl halides is 1. The molecule has 0 saturated heterocycles. The van der Waals surface area contributed by atoms with Gasteiger partial charge in [0.2, 0.25) is 0 Å². The number of H-pyrrole nitrogens is 1. The summed E-state index contributed by atoms with van der Waals surface area (Å²) < 4.78 is 5.13. The van der Waals surface area contributed by atoms with Gasteiger partial charge in [-0.05, 0) is 30.4 Å². The van der Waals surface area contributed by atoms with Gasteiger partial charge in [-0.25, -0.2) is 4.79 Å². The molecule has 96 valence electrons. The van der Waals surface area contributed by atoms with Crippen molar-refractivity contribution in [3.05, 3.63) is 22.5 Å². The first-order valence-corrected chi connectivity index (χ1v) is 6.86. The smallest absolute Gasteiger partial charge is 0.354 e. The molecular weight excluding hydrogens is 329 g/mol. The highest BCUT2D eigenvalue weighted by molar-refractivity contribution is 14.1. The number of halogens is 1. The van der Waals surface area contributed by atoms with Gasteiger partial charge in [0.05, 0.1) is 7.11 Å². The zero-order valence-corrected chi connectivity index (χ0v) is 13.4. The number of hydrogen-bond donors (Lipinski definition) is 1. The summed E-state index contributed by atoms with van der Waals surface area (Å²) in [4.78, 5) is 14.8. The first-order chi connectivity index (χ1) is 7.70. The van der Waals surface area contributed by atoms with E-state index in [1.54, 1.807) is 0 Å². The van der Waals surface area contributed by atoms with Crippen molar-refractivity contribution < 1.29 is 9.53 Å². The van der Waals surface area contributed by atoms with E-state index in [4.69, 9.17) is 4.74 Å². The monoisotopic (exact) mass is 349 g/mol. The van der Waals surface area contributed by atoms with Gasteiger partial charge >= 0.3 is 5.97 Å². The minimum absolute atomic E-state index is 0.158. The molecule has 0 fully saturated rings. The Morgan fingerprint density at radius 3 is 2.29 bits per heavy atom. The Kier molecular flexibility index (Phi) is 4.28. The van der Waals surface area contributed by atoms with Gasteiger partial charge in [-0.1, -0.05) is 43.4 Å². The molecule has 0 bridgehead atoms. The SMILES string of the molecule is COC(=O)c1[nH]c(C)c(C(I)C(C)(C)C)c1C. The Morgan fingerprint density at radius 1 is 1.35 bits per heavy atom. The van der Waals surface area contributed by atoms with Crippen LogP contribution in [0.1, 0.15) is 52.0 Å². The van der Waals surface area contributed by atoms with Crippen LogP contribution in [0, 0.1) is 19.3 Å². The number of methoxy groups -OCH3 is 1. The third-order valence-corrected chi connectivity index (χ3v) is 5.39. The van der Waals surface area contributed by atoms with Crippen LogP contribution in [0.3, 0.4) is 0 Å². The van der Waals surface area contributed by atoms with E-state index in [9.17, 15) is 4.79 Å². The lowest BCUT2D eigenvalue weighted by atomic mass is 9.86. The van der Waals surface area contributed by atoms with Crippen molar-refractivity contribution in [2.45, 2.75) is 38.5 Å². The summed E-state index contributed by atoms with van der Waals surface area (Å²) in [5, 5.41) is 0. The van der Waals surface area contributed by atoms with Gasteiger partial charge in [0.1, 0.15) is 5.69 Å². The Bertz CT molecular complexity index is 429. The Balaban J connectivity index is 3.28. The van der Waals surface area contributed by atoms with Crippen molar-refractivity contribution in [2.75, 3.05) is 7.11 Å². The zero-order chi connectivity index (χ0) is 13.4. The maximum atomic E-state index is 11.6. The van der Waals surface area contributed by atoms with E-state index in [0.717, 1.165) is 11.3 Å². The maximum absolute atomic E-state index is 11.6. The van der Waals surface area contributed by atoms with Crippen LogP contribution in [-0.4, -0.2) is 18.1 Å². The van der Waals surface area contributed by atoms with Gasteiger partial charge in [-0.3, -0.25) is 0 Å². The number of aromatic nitrogens is 1. The number of ether oxygens (including phenoxy) is 1. The van der Waals surface area contributed by atoms with Crippen LogP contribution < -0.4 is 0 Å². The first kappa shape index (κ1) is 14.5. The summed E-state index contributed by atoms with van der Waals surface area (Å²) in [5.41, 5.74) is 4.01. The molecule has 0 spiro atoms. The molecule has 3 nitrogen and oxygen atoms in total. The average Bonchev–Trinajstić information content (AvgIpc) is 2.51. The van der Waals surface area contributed by atoms with E-state index >= 15 is 0 Å². The standard InChI is InChI=1S/C13H20INO2/c1-7-9(11(14)13(3,4)5)8(2)15-10(7)12(16)17-6/h11,15H,1-6H3. The summed E-state index contributed by atoms with van der Waals surface area (Å²) in [5.74, 6) is -0.297. The largest absolute Gasteiger partial charge is 0.464 e. The maximum Gasteiger partial charge on any atom is 0.354 e.